The zero-order chi connectivity index (χ0) is 14.6. The largest absolute Gasteiger partial charge is 0.405 e. The highest BCUT2D eigenvalue weighted by molar-refractivity contribution is 9.10. The Bertz CT molecular complexity index is 463. The van der Waals surface area contributed by atoms with E-state index in [4.69, 9.17) is 0 Å². The van der Waals surface area contributed by atoms with E-state index in [0.717, 1.165) is 10.0 Å². The molecule has 0 aliphatic carbocycles. The molecule has 0 bridgehead atoms. The van der Waals surface area contributed by atoms with Gasteiger partial charge in [0.25, 0.3) is 0 Å². The first-order chi connectivity index (χ1) is 8.70. The van der Waals surface area contributed by atoms with Gasteiger partial charge >= 0.3 is 6.18 Å². The molecule has 7 heteroatoms. The van der Waals surface area contributed by atoms with Crippen molar-refractivity contribution in [3.05, 3.63) is 28.2 Å². The normalized spacial score (nSPS) is 12.9. The molecular weight excluding hydrogens is 325 g/mol. The van der Waals surface area contributed by atoms with Crippen LogP contribution in [0, 0.1) is 6.92 Å². The molecule has 0 radical (unpaired) electrons. The van der Waals surface area contributed by atoms with Gasteiger partial charge in [-0.1, -0.05) is 12.1 Å². The number of nitrogens with one attached hydrogen (secondary N) is 2. The van der Waals surface area contributed by atoms with Gasteiger partial charge in [-0.15, -0.1) is 0 Å². The molecule has 1 atom stereocenters. The van der Waals surface area contributed by atoms with E-state index in [1.807, 2.05) is 18.3 Å². The SMILES string of the molecule is Cc1cccc(NC(C)C(=O)NCC(F)(F)F)c1Br. The second-order valence-corrected chi connectivity index (χ2v) is 4.93. The Morgan fingerprint density at radius 3 is 2.63 bits per heavy atom. The molecule has 19 heavy (non-hydrogen) atoms. The smallest absolute Gasteiger partial charge is 0.373 e. The van der Waals surface area contributed by atoms with Crippen molar-refractivity contribution in [1.82, 2.24) is 5.32 Å². The van der Waals surface area contributed by atoms with Crippen LogP contribution in [-0.2, 0) is 4.79 Å². The summed E-state index contributed by atoms with van der Waals surface area (Å²) in [7, 11) is 0. The van der Waals surface area contributed by atoms with Crippen molar-refractivity contribution in [3.8, 4) is 0 Å². The summed E-state index contributed by atoms with van der Waals surface area (Å²) in [5.41, 5.74) is 1.63. The Kier molecular flexibility index (Phi) is 5.22. The van der Waals surface area contributed by atoms with Gasteiger partial charge in [0, 0.05) is 10.2 Å². The van der Waals surface area contributed by atoms with Crippen molar-refractivity contribution in [2.75, 3.05) is 11.9 Å². The lowest BCUT2D eigenvalue weighted by Gasteiger charge is -2.17. The molecule has 3 nitrogen and oxygen atoms in total. The molecule has 0 saturated heterocycles. The first-order valence-corrected chi connectivity index (χ1v) is 6.36. The highest BCUT2D eigenvalue weighted by Gasteiger charge is 2.28. The molecule has 2 N–H and O–H groups in total. The minimum Gasteiger partial charge on any atom is -0.373 e. The Morgan fingerprint density at radius 2 is 2.05 bits per heavy atom. The van der Waals surface area contributed by atoms with Crippen LogP contribution in [0.25, 0.3) is 0 Å². The maximum atomic E-state index is 12.0. The maximum absolute atomic E-state index is 12.0. The topological polar surface area (TPSA) is 41.1 Å². The van der Waals surface area contributed by atoms with E-state index in [0.29, 0.717) is 5.69 Å². The van der Waals surface area contributed by atoms with Crippen LogP contribution in [0.3, 0.4) is 0 Å². The quantitative estimate of drug-likeness (QED) is 0.884. The fourth-order valence-electron chi connectivity index (χ4n) is 1.40. The summed E-state index contributed by atoms with van der Waals surface area (Å²) in [4.78, 5) is 11.5. The Hall–Kier alpha value is -1.24. The van der Waals surface area contributed by atoms with Crippen LogP contribution in [0.1, 0.15) is 12.5 Å². The summed E-state index contributed by atoms with van der Waals surface area (Å²) in [6, 6.07) is 4.65. The van der Waals surface area contributed by atoms with Gasteiger partial charge in [0.2, 0.25) is 5.91 Å². The molecule has 1 unspecified atom stereocenters. The van der Waals surface area contributed by atoms with E-state index >= 15 is 0 Å². The van der Waals surface area contributed by atoms with Gasteiger partial charge in [-0.25, -0.2) is 0 Å². The van der Waals surface area contributed by atoms with Crippen molar-refractivity contribution in [2.24, 2.45) is 0 Å². The molecule has 1 aromatic rings. The average Bonchev–Trinajstić information content (AvgIpc) is 2.31. The molecule has 0 aromatic heterocycles. The second-order valence-electron chi connectivity index (χ2n) is 4.14. The summed E-state index contributed by atoms with van der Waals surface area (Å²) < 4.78 is 36.7. The maximum Gasteiger partial charge on any atom is 0.405 e. The van der Waals surface area contributed by atoms with Crippen molar-refractivity contribution >= 4 is 27.5 Å². The highest BCUT2D eigenvalue weighted by Crippen LogP contribution is 2.26. The van der Waals surface area contributed by atoms with Gasteiger partial charge in [0.1, 0.15) is 12.6 Å². The number of amides is 1. The summed E-state index contributed by atoms with van der Waals surface area (Å²) in [6.45, 7) is 2.05. The molecule has 1 rings (SSSR count). The third-order valence-corrected chi connectivity index (χ3v) is 3.47. The Morgan fingerprint density at radius 1 is 1.42 bits per heavy atom. The predicted molar refractivity (Wildman–Crippen MR) is 71.0 cm³/mol. The monoisotopic (exact) mass is 338 g/mol. The van der Waals surface area contributed by atoms with Gasteiger partial charge in [-0.2, -0.15) is 13.2 Å². The summed E-state index contributed by atoms with van der Waals surface area (Å²) in [6.07, 6.45) is -4.40. The van der Waals surface area contributed by atoms with E-state index in [-0.39, 0.29) is 0 Å². The molecule has 0 spiro atoms. The molecule has 0 aliphatic heterocycles. The van der Waals surface area contributed by atoms with Crippen LogP contribution in [0.2, 0.25) is 0 Å². The number of rotatable bonds is 4. The first-order valence-electron chi connectivity index (χ1n) is 5.57. The second kappa shape index (κ2) is 6.27. The Labute approximate surface area is 117 Å². The van der Waals surface area contributed by atoms with Crippen molar-refractivity contribution in [1.29, 1.82) is 0 Å². The van der Waals surface area contributed by atoms with E-state index in [2.05, 4.69) is 21.2 Å². The lowest BCUT2D eigenvalue weighted by atomic mass is 10.2. The van der Waals surface area contributed by atoms with Crippen LogP contribution >= 0.6 is 15.9 Å². The fraction of sp³-hybridized carbons (Fsp3) is 0.417. The number of anilines is 1. The first kappa shape index (κ1) is 15.8. The number of halogens is 4. The number of aryl methyl sites for hydroxylation is 1. The molecule has 0 heterocycles. The highest BCUT2D eigenvalue weighted by atomic mass is 79.9. The lowest BCUT2D eigenvalue weighted by Crippen LogP contribution is -2.42. The molecule has 0 aliphatic rings. The minimum absolute atomic E-state index is 0.662. The number of hydrogen-bond donors (Lipinski definition) is 2. The molecule has 0 fully saturated rings. The zero-order valence-electron chi connectivity index (χ0n) is 10.4. The van der Waals surface area contributed by atoms with Crippen LogP contribution in [0.15, 0.2) is 22.7 Å². The van der Waals surface area contributed by atoms with Crippen molar-refractivity contribution in [2.45, 2.75) is 26.1 Å². The number of benzene rings is 1. The number of carbonyl (C=O) groups excluding carboxylic acids is 1. The molecule has 1 amide bonds. The van der Waals surface area contributed by atoms with Gasteiger partial charge in [-0.05, 0) is 41.4 Å². The third-order valence-electron chi connectivity index (χ3n) is 2.42. The summed E-state index contributed by atoms with van der Waals surface area (Å²) in [5, 5.41) is 4.70. The van der Waals surface area contributed by atoms with Crippen molar-refractivity contribution < 1.29 is 18.0 Å². The molecular formula is C12H14BrF3N2O. The fourth-order valence-corrected chi connectivity index (χ4v) is 1.78. The van der Waals surface area contributed by atoms with E-state index in [9.17, 15) is 18.0 Å². The van der Waals surface area contributed by atoms with Gasteiger partial charge < -0.3 is 10.6 Å². The van der Waals surface area contributed by atoms with Gasteiger partial charge in [0.05, 0.1) is 0 Å². The van der Waals surface area contributed by atoms with Crippen LogP contribution in [0.4, 0.5) is 18.9 Å². The van der Waals surface area contributed by atoms with Gasteiger partial charge in [-0.3, -0.25) is 4.79 Å². The summed E-state index contributed by atoms with van der Waals surface area (Å²) in [5.74, 6) is -0.703. The molecule has 106 valence electrons. The van der Waals surface area contributed by atoms with Gasteiger partial charge in [0.15, 0.2) is 0 Å². The number of carbonyl (C=O) groups is 1. The predicted octanol–water partition coefficient (Wildman–Crippen LogP) is 3.24. The summed E-state index contributed by atoms with van der Waals surface area (Å²) >= 11 is 3.35. The Balaban J connectivity index is 2.62. The minimum atomic E-state index is -4.40. The van der Waals surface area contributed by atoms with E-state index in [1.165, 1.54) is 6.92 Å². The lowest BCUT2D eigenvalue weighted by molar-refractivity contribution is -0.138. The van der Waals surface area contributed by atoms with Crippen LogP contribution in [-0.4, -0.2) is 24.7 Å². The van der Waals surface area contributed by atoms with E-state index < -0.39 is 24.7 Å². The van der Waals surface area contributed by atoms with Crippen LogP contribution < -0.4 is 10.6 Å². The standard InChI is InChI=1S/C12H14BrF3N2O/c1-7-4-3-5-9(10(7)13)18-8(2)11(19)17-6-12(14,15)16/h3-5,8,18H,6H2,1-2H3,(H,17,19). The van der Waals surface area contributed by atoms with Crippen LogP contribution in [0.5, 0.6) is 0 Å². The van der Waals surface area contributed by atoms with Crippen molar-refractivity contribution in [3.63, 3.8) is 0 Å². The molecule has 1 aromatic carbocycles. The number of hydrogen-bond acceptors (Lipinski definition) is 2. The number of alkyl halides is 3. The average molecular weight is 339 g/mol. The van der Waals surface area contributed by atoms with E-state index in [1.54, 1.807) is 12.1 Å². The zero-order valence-corrected chi connectivity index (χ0v) is 12.0. The third kappa shape index (κ3) is 5.10. The molecule has 0 saturated carbocycles.